The number of hydrogen-bond donors (Lipinski definition) is 0. The van der Waals surface area contributed by atoms with E-state index in [9.17, 15) is 4.79 Å². The number of rotatable bonds is 5. The number of carbonyl (C=O) groups is 1. The quantitative estimate of drug-likeness (QED) is 0.326. The SMILES string of the molecule is COc1ccc2nc(N(/N=C/c3ccc(C)cc3)C(=O)c3ccc(C#N)cc3)sc2c1. The summed E-state index contributed by atoms with van der Waals surface area (Å²) in [4.78, 5) is 17.9. The first-order chi connectivity index (χ1) is 15.1. The Labute approximate surface area is 183 Å². The molecule has 1 amide bonds. The largest absolute Gasteiger partial charge is 0.497 e. The maximum atomic E-state index is 13.3. The van der Waals surface area contributed by atoms with Crippen molar-refractivity contribution >= 4 is 38.8 Å². The fourth-order valence-corrected chi connectivity index (χ4v) is 3.84. The van der Waals surface area contributed by atoms with Gasteiger partial charge in [0.05, 0.1) is 35.2 Å². The van der Waals surface area contributed by atoms with Crippen LogP contribution in [0.4, 0.5) is 5.13 Å². The molecule has 1 aromatic heterocycles. The van der Waals surface area contributed by atoms with E-state index in [0.29, 0.717) is 16.3 Å². The lowest BCUT2D eigenvalue weighted by Crippen LogP contribution is -2.25. The molecule has 0 atom stereocenters. The van der Waals surface area contributed by atoms with Gasteiger partial charge in [-0.2, -0.15) is 15.4 Å². The number of amides is 1. The minimum atomic E-state index is -0.334. The van der Waals surface area contributed by atoms with Crippen LogP contribution in [-0.4, -0.2) is 24.2 Å². The monoisotopic (exact) mass is 426 g/mol. The number of hydrogen-bond acceptors (Lipinski definition) is 6. The van der Waals surface area contributed by atoms with Crippen molar-refractivity contribution in [3.05, 3.63) is 89.0 Å². The lowest BCUT2D eigenvalue weighted by atomic mass is 10.1. The molecule has 0 saturated heterocycles. The van der Waals surface area contributed by atoms with Gasteiger partial charge in [0.15, 0.2) is 0 Å². The molecule has 0 radical (unpaired) electrons. The Balaban J connectivity index is 1.75. The van der Waals surface area contributed by atoms with E-state index in [1.54, 1.807) is 37.6 Å². The fourth-order valence-electron chi connectivity index (χ4n) is 2.89. The third kappa shape index (κ3) is 4.44. The summed E-state index contributed by atoms with van der Waals surface area (Å²) in [6.45, 7) is 2.01. The number of hydrazone groups is 1. The van der Waals surface area contributed by atoms with Crippen molar-refractivity contribution in [1.82, 2.24) is 4.98 Å². The predicted octanol–water partition coefficient (Wildman–Crippen LogP) is 5.17. The number of benzene rings is 3. The number of nitrogens with zero attached hydrogens (tertiary/aromatic N) is 4. The van der Waals surface area contributed by atoms with Crippen molar-refractivity contribution < 1.29 is 9.53 Å². The number of anilines is 1. The molecule has 0 fully saturated rings. The predicted molar refractivity (Wildman–Crippen MR) is 123 cm³/mol. The van der Waals surface area contributed by atoms with Crippen LogP contribution in [0.5, 0.6) is 5.75 Å². The number of ether oxygens (including phenoxy) is 1. The lowest BCUT2D eigenvalue weighted by molar-refractivity contribution is 0.0988. The Kier molecular flexibility index (Phi) is 5.74. The Morgan fingerprint density at radius 2 is 1.87 bits per heavy atom. The molecular weight excluding hydrogens is 408 g/mol. The van der Waals surface area contributed by atoms with Crippen molar-refractivity contribution in [3.8, 4) is 11.8 Å². The second-order valence-electron chi connectivity index (χ2n) is 6.79. The summed E-state index contributed by atoms with van der Waals surface area (Å²) in [5, 5.41) is 15.2. The van der Waals surface area contributed by atoms with Gasteiger partial charge in [0, 0.05) is 5.56 Å². The molecule has 0 spiro atoms. The molecule has 1 heterocycles. The maximum absolute atomic E-state index is 13.3. The van der Waals surface area contributed by atoms with Crippen molar-refractivity contribution in [2.75, 3.05) is 12.1 Å². The summed E-state index contributed by atoms with van der Waals surface area (Å²) in [6.07, 6.45) is 1.63. The molecule has 0 N–H and O–H groups in total. The zero-order valence-electron chi connectivity index (χ0n) is 16.9. The van der Waals surface area contributed by atoms with Gasteiger partial charge in [-0.3, -0.25) is 4.79 Å². The molecular formula is C24H18N4O2S. The summed E-state index contributed by atoms with van der Waals surface area (Å²) in [6, 6.07) is 21.9. The topological polar surface area (TPSA) is 78.6 Å². The van der Waals surface area contributed by atoms with E-state index in [-0.39, 0.29) is 5.91 Å². The Morgan fingerprint density at radius 1 is 1.13 bits per heavy atom. The molecule has 0 aliphatic rings. The first-order valence-corrected chi connectivity index (χ1v) is 10.3. The van der Waals surface area contributed by atoms with Gasteiger partial charge in [0.1, 0.15) is 5.75 Å². The number of methoxy groups -OCH3 is 1. The average molecular weight is 427 g/mol. The third-order valence-electron chi connectivity index (χ3n) is 4.62. The molecule has 3 aromatic carbocycles. The van der Waals surface area contributed by atoms with Gasteiger partial charge in [-0.15, -0.1) is 0 Å². The van der Waals surface area contributed by atoms with Gasteiger partial charge in [0.25, 0.3) is 5.91 Å². The van der Waals surface area contributed by atoms with Crippen LogP contribution >= 0.6 is 11.3 Å². The van der Waals surface area contributed by atoms with Crippen LogP contribution in [-0.2, 0) is 0 Å². The minimum absolute atomic E-state index is 0.334. The molecule has 4 aromatic rings. The number of nitriles is 1. The highest BCUT2D eigenvalue weighted by Gasteiger charge is 2.21. The lowest BCUT2D eigenvalue weighted by Gasteiger charge is -2.14. The summed E-state index contributed by atoms with van der Waals surface area (Å²) in [5.74, 6) is 0.384. The number of thiazole rings is 1. The second-order valence-corrected chi connectivity index (χ2v) is 7.80. The highest BCUT2D eigenvalue weighted by Crippen LogP contribution is 2.32. The van der Waals surface area contributed by atoms with E-state index in [2.05, 4.69) is 16.2 Å². The molecule has 0 aliphatic carbocycles. The van der Waals surface area contributed by atoms with E-state index in [0.717, 1.165) is 27.1 Å². The number of aryl methyl sites for hydroxylation is 1. The van der Waals surface area contributed by atoms with E-state index in [1.807, 2.05) is 49.4 Å². The summed E-state index contributed by atoms with van der Waals surface area (Å²) >= 11 is 1.35. The van der Waals surface area contributed by atoms with Crippen LogP contribution in [0.15, 0.2) is 71.8 Å². The van der Waals surface area contributed by atoms with Gasteiger partial charge in [-0.1, -0.05) is 41.2 Å². The molecule has 0 unspecified atom stereocenters. The fraction of sp³-hybridized carbons (Fsp3) is 0.0833. The van der Waals surface area contributed by atoms with Gasteiger partial charge in [-0.05, 0) is 55.0 Å². The zero-order valence-corrected chi connectivity index (χ0v) is 17.8. The highest BCUT2D eigenvalue weighted by molar-refractivity contribution is 7.22. The van der Waals surface area contributed by atoms with E-state index >= 15 is 0 Å². The molecule has 152 valence electrons. The second kappa shape index (κ2) is 8.78. The van der Waals surface area contributed by atoms with E-state index < -0.39 is 0 Å². The molecule has 6 nitrogen and oxygen atoms in total. The third-order valence-corrected chi connectivity index (χ3v) is 5.61. The van der Waals surface area contributed by atoms with Crippen LogP contribution in [0, 0.1) is 18.3 Å². The van der Waals surface area contributed by atoms with Gasteiger partial charge >= 0.3 is 0 Å². The van der Waals surface area contributed by atoms with Crippen LogP contribution in [0.3, 0.4) is 0 Å². The van der Waals surface area contributed by atoms with Crippen molar-refractivity contribution in [3.63, 3.8) is 0 Å². The first kappa shape index (κ1) is 20.3. The standard InChI is InChI=1S/C24H18N4O2S/c1-16-3-5-18(6-4-16)15-26-28(23(29)19-9-7-17(14-25)8-10-19)24-27-21-12-11-20(30-2)13-22(21)31-24/h3-13,15H,1-2H3/b26-15+. The molecule has 0 bridgehead atoms. The highest BCUT2D eigenvalue weighted by atomic mass is 32.1. The van der Waals surface area contributed by atoms with Crippen molar-refractivity contribution in [1.29, 1.82) is 5.26 Å². The average Bonchev–Trinajstić information content (AvgIpc) is 3.23. The normalized spacial score (nSPS) is 10.9. The Morgan fingerprint density at radius 3 is 2.55 bits per heavy atom. The van der Waals surface area contributed by atoms with Crippen LogP contribution < -0.4 is 9.75 Å². The molecule has 7 heteroatoms. The smallest absolute Gasteiger partial charge is 0.280 e. The van der Waals surface area contributed by atoms with E-state index in [4.69, 9.17) is 10.00 Å². The first-order valence-electron chi connectivity index (χ1n) is 9.47. The number of fused-ring (bicyclic) bond motifs is 1. The molecule has 0 aliphatic heterocycles. The van der Waals surface area contributed by atoms with Crippen molar-refractivity contribution in [2.24, 2.45) is 5.10 Å². The van der Waals surface area contributed by atoms with Gasteiger partial charge < -0.3 is 4.74 Å². The molecule has 31 heavy (non-hydrogen) atoms. The van der Waals surface area contributed by atoms with Crippen LogP contribution in [0.25, 0.3) is 10.2 Å². The number of aromatic nitrogens is 1. The Bertz CT molecular complexity index is 1300. The van der Waals surface area contributed by atoms with Crippen molar-refractivity contribution in [2.45, 2.75) is 6.92 Å². The maximum Gasteiger partial charge on any atom is 0.280 e. The van der Waals surface area contributed by atoms with Crippen LogP contribution in [0.2, 0.25) is 0 Å². The Hall–Kier alpha value is -4.02. The molecule has 4 rings (SSSR count). The van der Waals surface area contributed by atoms with Gasteiger partial charge in [-0.25, -0.2) is 4.98 Å². The minimum Gasteiger partial charge on any atom is -0.497 e. The number of carbonyl (C=O) groups excluding carboxylic acids is 1. The zero-order chi connectivity index (χ0) is 21.8. The van der Waals surface area contributed by atoms with E-state index in [1.165, 1.54) is 16.3 Å². The summed E-state index contributed by atoms with van der Waals surface area (Å²) < 4.78 is 6.17. The summed E-state index contributed by atoms with van der Waals surface area (Å²) in [7, 11) is 1.61. The molecule has 0 saturated carbocycles. The van der Waals surface area contributed by atoms with Gasteiger partial charge in [0.2, 0.25) is 5.13 Å². The van der Waals surface area contributed by atoms with Crippen LogP contribution in [0.1, 0.15) is 27.0 Å². The summed E-state index contributed by atoms with van der Waals surface area (Å²) in [5.41, 5.74) is 3.66.